The molecule has 0 aromatic heterocycles. The van der Waals surface area contributed by atoms with Crippen LogP contribution in [0.25, 0.3) is 43.4 Å². The van der Waals surface area contributed by atoms with Crippen molar-refractivity contribution in [3.63, 3.8) is 0 Å². The van der Waals surface area contributed by atoms with Gasteiger partial charge in [-0.15, -0.1) is 0 Å². The first kappa shape index (κ1) is 27.9. The average Bonchev–Trinajstić information content (AvgIpc) is 3.16. The van der Waals surface area contributed by atoms with Gasteiger partial charge in [-0.05, 0) is 105 Å². The summed E-state index contributed by atoms with van der Waals surface area (Å²) in [4.78, 5) is 4.68. The van der Waals surface area contributed by atoms with Crippen LogP contribution < -0.4 is 9.80 Å². The SMILES string of the molecule is c1ccc(N(c2ccccc2)c2ccc(-c3ccc4ccc5ccc(N(c6ccccc6)c6ccccc6)c6ccc3c4c56)cc2)cc1. The van der Waals surface area contributed by atoms with Crippen LogP contribution in [0, 0.1) is 0 Å². The molecule has 0 N–H and O–H groups in total. The van der Waals surface area contributed by atoms with Crippen molar-refractivity contribution >= 4 is 66.4 Å². The molecule has 0 radical (unpaired) electrons. The van der Waals surface area contributed by atoms with Crippen LogP contribution in [0.5, 0.6) is 0 Å². The second-order valence-electron chi connectivity index (χ2n) is 12.2. The van der Waals surface area contributed by atoms with Gasteiger partial charge in [0.05, 0.1) is 5.69 Å². The molecule has 2 heteroatoms. The quantitative estimate of drug-likeness (QED) is 0.165. The molecule has 0 saturated heterocycles. The Morgan fingerprint density at radius 3 is 1.19 bits per heavy atom. The van der Waals surface area contributed by atoms with Crippen molar-refractivity contribution in [2.45, 2.75) is 0 Å². The van der Waals surface area contributed by atoms with Gasteiger partial charge >= 0.3 is 0 Å². The fraction of sp³-hybridized carbons (Fsp3) is 0. The fourth-order valence-electron chi connectivity index (χ4n) is 7.21. The zero-order valence-electron chi connectivity index (χ0n) is 26.4. The molecule has 0 spiro atoms. The van der Waals surface area contributed by atoms with Crippen LogP contribution in [-0.4, -0.2) is 0 Å². The zero-order chi connectivity index (χ0) is 31.9. The van der Waals surface area contributed by atoms with Gasteiger partial charge in [0.1, 0.15) is 0 Å². The molecule has 0 heterocycles. The highest BCUT2D eigenvalue weighted by Gasteiger charge is 2.19. The minimum absolute atomic E-state index is 1.13. The lowest BCUT2D eigenvalue weighted by atomic mass is 9.89. The molecule has 0 fully saturated rings. The number of hydrogen-bond donors (Lipinski definition) is 0. The zero-order valence-corrected chi connectivity index (χ0v) is 26.4. The minimum Gasteiger partial charge on any atom is -0.311 e. The molecule has 0 saturated carbocycles. The first-order valence-corrected chi connectivity index (χ1v) is 16.4. The molecule has 226 valence electrons. The van der Waals surface area contributed by atoms with Gasteiger partial charge in [-0.25, -0.2) is 0 Å². The highest BCUT2D eigenvalue weighted by atomic mass is 15.1. The van der Waals surface area contributed by atoms with Gasteiger partial charge < -0.3 is 9.80 Å². The van der Waals surface area contributed by atoms with Crippen molar-refractivity contribution in [2.24, 2.45) is 0 Å². The summed E-state index contributed by atoms with van der Waals surface area (Å²) < 4.78 is 0. The van der Waals surface area contributed by atoms with Crippen LogP contribution in [0.3, 0.4) is 0 Å². The Kier molecular flexibility index (Phi) is 6.84. The third-order valence-corrected chi connectivity index (χ3v) is 9.38. The van der Waals surface area contributed by atoms with Crippen molar-refractivity contribution in [1.29, 1.82) is 0 Å². The van der Waals surface area contributed by atoms with Crippen molar-refractivity contribution in [1.82, 2.24) is 0 Å². The monoisotopic (exact) mass is 612 g/mol. The number of rotatable bonds is 7. The number of anilines is 6. The maximum atomic E-state index is 2.37. The van der Waals surface area contributed by atoms with E-state index in [0.717, 1.165) is 28.4 Å². The van der Waals surface area contributed by atoms with Gasteiger partial charge in [0.2, 0.25) is 0 Å². The summed E-state index contributed by atoms with van der Waals surface area (Å²) in [5.74, 6) is 0. The lowest BCUT2D eigenvalue weighted by Gasteiger charge is -2.27. The first-order chi connectivity index (χ1) is 23.8. The Labute approximate surface area is 280 Å². The number of para-hydroxylation sites is 4. The van der Waals surface area contributed by atoms with Crippen molar-refractivity contribution in [3.05, 3.63) is 194 Å². The normalized spacial score (nSPS) is 11.3. The fourth-order valence-corrected chi connectivity index (χ4v) is 7.21. The molecular formula is C46H32N2. The Bertz CT molecular complexity index is 2400. The topological polar surface area (TPSA) is 6.48 Å². The van der Waals surface area contributed by atoms with Gasteiger partial charge in [-0.1, -0.05) is 127 Å². The predicted octanol–water partition coefficient (Wildman–Crippen LogP) is 13.2. The smallest absolute Gasteiger partial charge is 0.0540 e. The van der Waals surface area contributed by atoms with Gasteiger partial charge in [0, 0.05) is 33.8 Å². The lowest BCUT2D eigenvalue weighted by Crippen LogP contribution is -2.10. The summed E-state index contributed by atoms with van der Waals surface area (Å²) in [6, 6.07) is 69.7. The van der Waals surface area contributed by atoms with Gasteiger partial charge in [0.25, 0.3) is 0 Å². The Hall–Kier alpha value is -6.38. The van der Waals surface area contributed by atoms with Crippen molar-refractivity contribution in [2.75, 3.05) is 9.80 Å². The maximum Gasteiger partial charge on any atom is 0.0540 e. The third kappa shape index (κ3) is 4.74. The molecule has 9 aromatic carbocycles. The number of hydrogen-bond acceptors (Lipinski definition) is 2. The van der Waals surface area contributed by atoms with Crippen LogP contribution in [0.15, 0.2) is 194 Å². The molecule has 0 aliphatic carbocycles. The molecule has 0 atom stereocenters. The lowest BCUT2D eigenvalue weighted by molar-refractivity contribution is 1.28. The number of benzene rings is 9. The van der Waals surface area contributed by atoms with E-state index in [0.29, 0.717) is 0 Å². The Morgan fingerprint density at radius 2 is 0.667 bits per heavy atom. The highest BCUT2D eigenvalue weighted by Crippen LogP contribution is 2.45. The van der Waals surface area contributed by atoms with Crippen LogP contribution in [0.4, 0.5) is 34.1 Å². The molecule has 48 heavy (non-hydrogen) atoms. The van der Waals surface area contributed by atoms with E-state index in [1.165, 1.54) is 49.1 Å². The van der Waals surface area contributed by atoms with Crippen molar-refractivity contribution in [3.8, 4) is 11.1 Å². The van der Waals surface area contributed by atoms with Crippen LogP contribution in [0.1, 0.15) is 0 Å². The standard InChI is InChI=1S/C46H32N2/c1-5-13-36(14-6-1)47(37-15-7-2-8-16-37)40-27-23-33(24-28-40)41-29-25-34-21-22-35-26-32-44(43-31-30-42(41)45(34)46(35)43)48(38-17-9-3-10-18-38)39-19-11-4-12-20-39/h1-32H. The van der Waals surface area contributed by atoms with Gasteiger partial charge in [-0.2, -0.15) is 0 Å². The van der Waals surface area contributed by atoms with E-state index in [9.17, 15) is 0 Å². The predicted molar refractivity (Wildman–Crippen MR) is 205 cm³/mol. The summed E-state index contributed by atoms with van der Waals surface area (Å²) in [5, 5.41) is 7.63. The summed E-state index contributed by atoms with van der Waals surface area (Å²) >= 11 is 0. The summed E-state index contributed by atoms with van der Waals surface area (Å²) in [6.45, 7) is 0. The summed E-state index contributed by atoms with van der Waals surface area (Å²) in [7, 11) is 0. The molecule has 0 unspecified atom stereocenters. The summed E-state index contributed by atoms with van der Waals surface area (Å²) in [6.07, 6.45) is 0. The molecule has 0 bridgehead atoms. The van der Waals surface area contributed by atoms with Gasteiger partial charge in [0.15, 0.2) is 0 Å². The molecule has 0 aliphatic heterocycles. The van der Waals surface area contributed by atoms with Crippen LogP contribution in [-0.2, 0) is 0 Å². The number of nitrogens with zero attached hydrogens (tertiary/aromatic N) is 2. The molecule has 9 rings (SSSR count). The van der Waals surface area contributed by atoms with E-state index in [4.69, 9.17) is 0 Å². The van der Waals surface area contributed by atoms with E-state index in [-0.39, 0.29) is 0 Å². The molecule has 0 aliphatic rings. The van der Waals surface area contributed by atoms with Crippen molar-refractivity contribution < 1.29 is 0 Å². The molecular weight excluding hydrogens is 581 g/mol. The Balaban J connectivity index is 1.20. The average molecular weight is 613 g/mol. The highest BCUT2D eigenvalue weighted by molar-refractivity contribution is 6.27. The summed E-state index contributed by atoms with van der Waals surface area (Å²) in [5.41, 5.74) is 9.28. The second kappa shape index (κ2) is 11.8. The third-order valence-electron chi connectivity index (χ3n) is 9.38. The van der Waals surface area contributed by atoms with Crippen LogP contribution in [0.2, 0.25) is 0 Å². The van der Waals surface area contributed by atoms with E-state index in [1.807, 2.05) is 0 Å². The van der Waals surface area contributed by atoms with E-state index < -0.39 is 0 Å². The van der Waals surface area contributed by atoms with E-state index in [1.54, 1.807) is 0 Å². The Morgan fingerprint density at radius 1 is 0.271 bits per heavy atom. The molecule has 0 amide bonds. The second-order valence-corrected chi connectivity index (χ2v) is 12.2. The minimum atomic E-state index is 1.13. The van der Waals surface area contributed by atoms with Gasteiger partial charge in [-0.3, -0.25) is 0 Å². The molecule has 9 aromatic rings. The van der Waals surface area contributed by atoms with Crippen LogP contribution >= 0.6 is 0 Å². The maximum absolute atomic E-state index is 2.37. The molecule has 2 nitrogen and oxygen atoms in total. The largest absolute Gasteiger partial charge is 0.311 e. The first-order valence-electron chi connectivity index (χ1n) is 16.4. The van der Waals surface area contributed by atoms with E-state index in [2.05, 4.69) is 204 Å². The van der Waals surface area contributed by atoms with E-state index >= 15 is 0 Å².